The second-order valence-corrected chi connectivity index (χ2v) is 3.28. The number of hydrogen-bond acceptors (Lipinski definition) is 1. The van der Waals surface area contributed by atoms with Gasteiger partial charge in [-0.15, -0.1) is 0 Å². The fourth-order valence-corrected chi connectivity index (χ4v) is 0.830. The average molecular weight is 186 g/mol. The Morgan fingerprint density at radius 3 is 2.46 bits per heavy atom. The smallest absolute Gasteiger partial charge is 0.162 e. The minimum atomic E-state index is -0.874. The lowest BCUT2D eigenvalue weighted by atomic mass is 10.2. The maximum Gasteiger partial charge on any atom is 0.162 e. The summed E-state index contributed by atoms with van der Waals surface area (Å²) >= 11 is 0. The molecule has 0 unspecified atom stereocenters. The van der Waals surface area contributed by atoms with Crippen LogP contribution in [0.15, 0.2) is 18.2 Å². The number of benzene rings is 1. The van der Waals surface area contributed by atoms with E-state index < -0.39 is 11.6 Å². The standard InChI is InChI=1S/C10H12F2O/c1-7(2)6-13-8-3-4-9(11)10(12)5-8/h3-5,7H,6H2,1-2H3. The fourth-order valence-electron chi connectivity index (χ4n) is 0.830. The molecule has 0 saturated carbocycles. The molecule has 0 N–H and O–H groups in total. The first-order valence-corrected chi connectivity index (χ1v) is 4.17. The first-order chi connectivity index (χ1) is 6.09. The third kappa shape index (κ3) is 3.01. The highest BCUT2D eigenvalue weighted by Gasteiger charge is 2.03. The van der Waals surface area contributed by atoms with E-state index in [1.54, 1.807) is 0 Å². The van der Waals surface area contributed by atoms with Crippen LogP contribution < -0.4 is 4.74 Å². The Morgan fingerprint density at radius 2 is 1.92 bits per heavy atom. The third-order valence-corrected chi connectivity index (χ3v) is 1.47. The van der Waals surface area contributed by atoms with E-state index in [0.717, 1.165) is 12.1 Å². The van der Waals surface area contributed by atoms with Crippen molar-refractivity contribution in [1.29, 1.82) is 0 Å². The Hall–Kier alpha value is -1.12. The molecule has 72 valence electrons. The Bertz CT molecular complexity index is 284. The van der Waals surface area contributed by atoms with Crippen LogP contribution in [0.4, 0.5) is 8.78 Å². The van der Waals surface area contributed by atoms with Gasteiger partial charge in [0.2, 0.25) is 0 Å². The molecule has 0 saturated heterocycles. The molecule has 0 aromatic heterocycles. The molecule has 0 radical (unpaired) electrons. The lowest BCUT2D eigenvalue weighted by Gasteiger charge is -2.08. The molecule has 0 amide bonds. The van der Waals surface area contributed by atoms with Crippen molar-refractivity contribution in [3.63, 3.8) is 0 Å². The van der Waals surface area contributed by atoms with Crippen molar-refractivity contribution < 1.29 is 13.5 Å². The first kappa shape index (κ1) is 9.96. The number of ether oxygens (including phenoxy) is 1. The fraction of sp³-hybridized carbons (Fsp3) is 0.400. The van der Waals surface area contributed by atoms with Crippen LogP contribution >= 0.6 is 0 Å². The van der Waals surface area contributed by atoms with Crippen LogP contribution in [0.2, 0.25) is 0 Å². The van der Waals surface area contributed by atoms with Crippen molar-refractivity contribution in [3.05, 3.63) is 29.8 Å². The van der Waals surface area contributed by atoms with E-state index in [4.69, 9.17) is 4.74 Å². The zero-order valence-electron chi connectivity index (χ0n) is 7.68. The Labute approximate surface area is 76.3 Å². The van der Waals surface area contributed by atoms with Crippen molar-refractivity contribution in [3.8, 4) is 5.75 Å². The van der Waals surface area contributed by atoms with Gasteiger partial charge in [0, 0.05) is 6.07 Å². The van der Waals surface area contributed by atoms with Gasteiger partial charge in [-0.3, -0.25) is 0 Å². The number of rotatable bonds is 3. The third-order valence-electron chi connectivity index (χ3n) is 1.47. The second kappa shape index (κ2) is 4.21. The van der Waals surface area contributed by atoms with E-state index in [9.17, 15) is 8.78 Å². The van der Waals surface area contributed by atoms with Gasteiger partial charge in [0.1, 0.15) is 5.75 Å². The monoisotopic (exact) mass is 186 g/mol. The zero-order valence-corrected chi connectivity index (χ0v) is 7.68. The van der Waals surface area contributed by atoms with Gasteiger partial charge >= 0.3 is 0 Å². The summed E-state index contributed by atoms with van der Waals surface area (Å²) in [6.07, 6.45) is 0. The van der Waals surface area contributed by atoms with Gasteiger partial charge in [0.15, 0.2) is 11.6 Å². The highest BCUT2D eigenvalue weighted by atomic mass is 19.2. The van der Waals surface area contributed by atoms with Gasteiger partial charge in [0.25, 0.3) is 0 Å². The maximum atomic E-state index is 12.6. The van der Waals surface area contributed by atoms with Crippen LogP contribution in [0, 0.1) is 17.6 Å². The summed E-state index contributed by atoms with van der Waals surface area (Å²) in [5.74, 6) is -0.987. The van der Waals surface area contributed by atoms with Crippen molar-refractivity contribution in [1.82, 2.24) is 0 Å². The maximum absolute atomic E-state index is 12.6. The van der Waals surface area contributed by atoms with Gasteiger partial charge in [-0.25, -0.2) is 8.78 Å². The summed E-state index contributed by atoms with van der Waals surface area (Å²) in [5, 5.41) is 0. The van der Waals surface area contributed by atoms with Crippen LogP contribution in [0.25, 0.3) is 0 Å². The molecule has 0 bridgehead atoms. The van der Waals surface area contributed by atoms with Crippen LogP contribution in [-0.4, -0.2) is 6.61 Å². The number of halogens is 2. The minimum Gasteiger partial charge on any atom is -0.493 e. The summed E-state index contributed by atoms with van der Waals surface area (Å²) in [6.45, 7) is 4.48. The Kier molecular flexibility index (Phi) is 3.23. The van der Waals surface area contributed by atoms with Gasteiger partial charge in [-0.2, -0.15) is 0 Å². The minimum absolute atomic E-state index is 0.368. The van der Waals surface area contributed by atoms with Crippen LogP contribution in [0.3, 0.4) is 0 Å². The Morgan fingerprint density at radius 1 is 1.23 bits per heavy atom. The van der Waals surface area contributed by atoms with Crippen molar-refractivity contribution in [2.75, 3.05) is 6.61 Å². The molecule has 1 aromatic rings. The molecule has 0 atom stereocenters. The highest BCUT2D eigenvalue weighted by Crippen LogP contribution is 2.15. The van der Waals surface area contributed by atoms with Crippen LogP contribution in [-0.2, 0) is 0 Å². The lowest BCUT2D eigenvalue weighted by molar-refractivity contribution is 0.269. The van der Waals surface area contributed by atoms with E-state index in [1.807, 2.05) is 13.8 Å². The topological polar surface area (TPSA) is 9.23 Å². The molecule has 1 nitrogen and oxygen atoms in total. The SMILES string of the molecule is CC(C)COc1ccc(F)c(F)c1. The zero-order chi connectivity index (χ0) is 9.84. The lowest BCUT2D eigenvalue weighted by Crippen LogP contribution is -2.04. The van der Waals surface area contributed by atoms with E-state index >= 15 is 0 Å². The normalized spacial score (nSPS) is 10.5. The van der Waals surface area contributed by atoms with Gasteiger partial charge < -0.3 is 4.74 Å². The molecule has 1 rings (SSSR count). The summed E-state index contributed by atoms with van der Waals surface area (Å²) < 4.78 is 30.3. The summed E-state index contributed by atoms with van der Waals surface area (Å²) in [6, 6.07) is 3.53. The molecule has 0 spiro atoms. The van der Waals surface area contributed by atoms with E-state index in [1.165, 1.54) is 6.07 Å². The summed E-state index contributed by atoms with van der Waals surface area (Å²) in [7, 11) is 0. The predicted octanol–water partition coefficient (Wildman–Crippen LogP) is 3.00. The molecule has 1 aromatic carbocycles. The van der Waals surface area contributed by atoms with Gasteiger partial charge in [-0.05, 0) is 18.1 Å². The first-order valence-electron chi connectivity index (χ1n) is 4.17. The summed E-state index contributed by atoms with van der Waals surface area (Å²) in [5.41, 5.74) is 0. The molecule has 0 aliphatic carbocycles. The van der Waals surface area contributed by atoms with Gasteiger partial charge in [-0.1, -0.05) is 13.8 Å². The largest absolute Gasteiger partial charge is 0.493 e. The van der Waals surface area contributed by atoms with Gasteiger partial charge in [0.05, 0.1) is 6.61 Å². The highest BCUT2D eigenvalue weighted by molar-refractivity contribution is 5.23. The molecule has 0 aliphatic heterocycles. The molecule has 0 aliphatic rings. The molecule has 3 heteroatoms. The molecule has 13 heavy (non-hydrogen) atoms. The van der Waals surface area contributed by atoms with E-state index in [-0.39, 0.29) is 0 Å². The van der Waals surface area contributed by atoms with Crippen molar-refractivity contribution >= 4 is 0 Å². The summed E-state index contributed by atoms with van der Waals surface area (Å²) in [4.78, 5) is 0. The Balaban J connectivity index is 2.63. The van der Waals surface area contributed by atoms with Crippen molar-refractivity contribution in [2.24, 2.45) is 5.92 Å². The molecule has 0 heterocycles. The average Bonchev–Trinajstić information content (AvgIpc) is 2.07. The van der Waals surface area contributed by atoms with Crippen molar-refractivity contribution in [2.45, 2.75) is 13.8 Å². The van der Waals surface area contributed by atoms with Crippen LogP contribution in [0.5, 0.6) is 5.75 Å². The second-order valence-electron chi connectivity index (χ2n) is 3.28. The van der Waals surface area contributed by atoms with E-state index in [2.05, 4.69) is 0 Å². The van der Waals surface area contributed by atoms with Crippen LogP contribution in [0.1, 0.15) is 13.8 Å². The molecule has 0 fully saturated rings. The predicted molar refractivity (Wildman–Crippen MR) is 46.7 cm³/mol. The number of hydrogen-bond donors (Lipinski definition) is 0. The molecular formula is C10H12F2O. The quantitative estimate of drug-likeness (QED) is 0.705. The molecular weight excluding hydrogens is 174 g/mol. The van der Waals surface area contributed by atoms with E-state index in [0.29, 0.717) is 18.3 Å².